The van der Waals surface area contributed by atoms with Crippen LogP contribution in [0.5, 0.6) is 0 Å². The maximum absolute atomic E-state index is 13.0. The van der Waals surface area contributed by atoms with Gasteiger partial charge in [0.25, 0.3) is 0 Å². The van der Waals surface area contributed by atoms with Crippen LogP contribution in [0.3, 0.4) is 0 Å². The molecule has 0 radical (unpaired) electrons. The number of ether oxygens (including phenoxy) is 1. The highest BCUT2D eigenvalue weighted by molar-refractivity contribution is 6.02. The van der Waals surface area contributed by atoms with Gasteiger partial charge in [-0.05, 0) is 98.2 Å². The number of methoxy groups -OCH3 is 1. The molecule has 3 aromatic carbocycles. The van der Waals surface area contributed by atoms with Crippen LogP contribution in [-0.4, -0.2) is 25.2 Å². The summed E-state index contributed by atoms with van der Waals surface area (Å²) in [5.74, 6) is -0.304. The second-order valence-electron chi connectivity index (χ2n) is 9.69. The quantitative estimate of drug-likeness (QED) is 0.359. The van der Waals surface area contributed by atoms with E-state index in [0.717, 1.165) is 44.8 Å². The lowest BCUT2D eigenvalue weighted by molar-refractivity contribution is 0.0601. The zero-order valence-corrected chi connectivity index (χ0v) is 21.0. The number of hydrogen-bond acceptors (Lipinski definition) is 4. The molecule has 4 rings (SSSR count). The first-order chi connectivity index (χ1) is 16.4. The summed E-state index contributed by atoms with van der Waals surface area (Å²) < 4.78 is 5.23. The highest BCUT2D eigenvalue weighted by Crippen LogP contribution is 2.37. The molecular weight excluding hydrogens is 420 g/mol. The SMILES string of the molecule is COC(=O)c1c(C)c(-c2ccc(NC3CCCC3)cc2)cc(C)c1-c1ccc(NC(C)C)cc1. The lowest BCUT2D eigenvalue weighted by Crippen LogP contribution is -2.14. The number of carbonyl (C=O) groups excluding carboxylic acids is 1. The van der Waals surface area contributed by atoms with Crippen molar-refractivity contribution in [2.45, 2.75) is 65.5 Å². The van der Waals surface area contributed by atoms with E-state index in [4.69, 9.17) is 4.74 Å². The number of rotatable bonds is 7. The Morgan fingerprint density at radius 1 is 0.912 bits per heavy atom. The lowest BCUT2D eigenvalue weighted by Gasteiger charge is -2.19. The van der Waals surface area contributed by atoms with E-state index in [9.17, 15) is 4.79 Å². The first-order valence-corrected chi connectivity index (χ1v) is 12.3. The fraction of sp³-hybridized carbons (Fsp3) is 0.367. The number of aryl methyl sites for hydroxylation is 1. The minimum Gasteiger partial charge on any atom is -0.465 e. The largest absolute Gasteiger partial charge is 0.465 e. The molecule has 0 amide bonds. The Hall–Kier alpha value is -3.27. The Balaban J connectivity index is 1.72. The predicted molar refractivity (Wildman–Crippen MR) is 143 cm³/mol. The van der Waals surface area contributed by atoms with Gasteiger partial charge < -0.3 is 15.4 Å². The van der Waals surface area contributed by atoms with Gasteiger partial charge in [0.2, 0.25) is 0 Å². The normalized spacial score (nSPS) is 13.8. The van der Waals surface area contributed by atoms with E-state index in [0.29, 0.717) is 17.6 Å². The number of esters is 1. The number of anilines is 2. The topological polar surface area (TPSA) is 50.4 Å². The summed E-state index contributed by atoms with van der Waals surface area (Å²) in [6.07, 6.45) is 5.12. The molecule has 0 bridgehead atoms. The monoisotopic (exact) mass is 456 g/mol. The van der Waals surface area contributed by atoms with Gasteiger partial charge in [0.1, 0.15) is 0 Å². The van der Waals surface area contributed by atoms with Gasteiger partial charge in [0, 0.05) is 23.5 Å². The minimum atomic E-state index is -0.304. The number of hydrogen-bond donors (Lipinski definition) is 2. The van der Waals surface area contributed by atoms with Crippen molar-refractivity contribution in [1.82, 2.24) is 0 Å². The van der Waals surface area contributed by atoms with Gasteiger partial charge in [0.05, 0.1) is 12.7 Å². The zero-order valence-electron chi connectivity index (χ0n) is 21.0. The van der Waals surface area contributed by atoms with Gasteiger partial charge >= 0.3 is 5.97 Å². The van der Waals surface area contributed by atoms with Crippen molar-refractivity contribution in [1.29, 1.82) is 0 Å². The highest BCUT2D eigenvalue weighted by atomic mass is 16.5. The van der Waals surface area contributed by atoms with Gasteiger partial charge in [-0.3, -0.25) is 0 Å². The highest BCUT2D eigenvalue weighted by Gasteiger charge is 2.22. The van der Waals surface area contributed by atoms with E-state index in [1.165, 1.54) is 32.8 Å². The maximum atomic E-state index is 13.0. The third-order valence-electron chi connectivity index (χ3n) is 6.72. The first-order valence-electron chi connectivity index (χ1n) is 12.3. The summed E-state index contributed by atoms with van der Waals surface area (Å²) >= 11 is 0. The van der Waals surface area contributed by atoms with Crippen molar-refractivity contribution >= 4 is 17.3 Å². The molecule has 1 aliphatic carbocycles. The average Bonchev–Trinajstić information content (AvgIpc) is 3.33. The molecule has 0 spiro atoms. The summed E-state index contributed by atoms with van der Waals surface area (Å²) in [6, 6.07) is 20.0. The van der Waals surface area contributed by atoms with Crippen LogP contribution in [0.25, 0.3) is 22.3 Å². The predicted octanol–water partition coefficient (Wildman–Crippen LogP) is 7.60. The molecule has 1 aliphatic rings. The number of nitrogens with one attached hydrogen (secondary N) is 2. The summed E-state index contributed by atoms with van der Waals surface area (Å²) in [7, 11) is 1.45. The molecule has 2 N–H and O–H groups in total. The van der Waals surface area contributed by atoms with Crippen LogP contribution in [-0.2, 0) is 4.74 Å². The molecular formula is C30H36N2O2. The molecule has 1 saturated carbocycles. The molecule has 178 valence electrons. The van der Waals surface area contributed by atoms with Crippen LogP contribution in [0.4, 0.5) is 11.4 Å². The molecule has 4 nitrogen and oxygen atoms in total. The smallest absolute Gasteiger partial charge is 0.338 e. The zero-order chi connectivity index (χ0) is 24.2. The van der Waals surface area contributed by atoms with Crippen LogP contribution in [0.15, 0.2) is 54.6 Å². The molecule has 4 heteroatoms. The van der Waals surface area contributed by atoms with Crippen LogP contribution in [0.1, 0.15) is 61.0 Å². The summed E-state index contributed by atoms with van der Waals surface area (Å²) in [5.41, 5.74) is 8.96. The van der Waals surface area contributed by atoms with Crippen molar-refractivity contribution in [3.63, 3.8) is 0 Å². The number of carbonyl (C=O) groups is 1. The second kappa shape index (κ2) is 10.3. The van der Waals surface area contributed by atoms with Gasteiger partial charge in [0.15, 0.2) is 0 Å². The maximum Gasteiger partial charge on any atom is 0.338 e. The van der Waals surface area contributed by atoms with Crippen molar-refractivity contribution in [3.05, 3.63) is 71.3 Å². The summed E-state index contributed by atoms with van der Waals surface area (Å²) in [5, 5.41) is 7.07. The fourth-order valence-corrected chi connectivity index (χ4v) is 5.06. The van der Waals surface area contributed by atoms with Crippen molar-refractivity contribution < 1.29 is 9.53 Å². The van der Waals surface area contributed by atoms with E-state index < -0.39 is 0 Å². The Bertz CT molecular complexity index is 1140. The molecule has 0 aromatic heterocycles. The fourth-order valence-electron chi connectivity index (χ4n) is 5.06. The Labute approximate surface area is 203 Å². The van der Waals surface area contributed by atoms with E-state index in [2.05, 4.69) is 86.0 Å². The lowest BCUT2D eigenvalue weighted by atomic mass is 9.86. The van der Waals surface area contributed by atoms with Crippen molar-refractivity contribution in [2.24, 2.45) is 0 Å². The second-order valence-corrected chi connectivity index (χ2v) is 9.69. The van der Waals surface area contributed by atoms with Crippen molar-refractivity contribution in [3.8, 4) is 22.3 Å². The van der Waals surface area contributed by atoms with Gasteiger partial charge in [-0.2, -0.15) is 0 Å². The summed E-state index contributed by atoms with van der Waals surface area (Å²) in [4.78, 5) is 13.0. The van der Waals surface area contributed by atoms with Gasteiger partial charge in [-0.15, -0.1) is 0 Å². The third kappa shape index (κ3) is 5.11. The van der Waals surface area contributed by atoms with Gasteiger partial charge in [-0.1, -0.05) is 43.2 Å². The Kier molecular flexibility index (Phi) is 7.26. The average molecular weight is 457 g/mol. The molecule has 3 aromatic rings. The minimum absolute atomic E-state index is 0.304. The van der Waals surface area contributed by atoms with Crippen molar-refractivity contribution in [2.75, 3.05) is 17.7 Å². The van der Waals surface area contributed by atoms with E-state index >= 15 is 0 Å². The number of benzene rings is 3. The summed E-state index contributed by atoms with van der Waals surface area (Å²) in [6.45, 7) is 8.32. The molecule has 34 heavy (non-hydrogen) atoms. The molecule has 1 fully saturated rings. The molecule has 0 atom stereocenters. The van der Waals surface area contributed by atoms with E-state index in [-0.39, 0.29) is 5.97 Å². The van der Waals surface area contributed by atoms with Crippen LogP contribution < -0.4 is 10.6 Å². The van der Waals surface area contributed by atoms with Gasteiger partial charge in [-0.25, -0.2) is 4.79 Å². The first kappa shape index (κ1) is 23.9. The molecule has 0 unspecified atom stereocenters. The van der Waals surface area contributed by atoms with E-state index in [1.54, 1.807) is 0 Å². The molecule has 0 aliphatic heterocycles. The molecule has 0 saturated heterocycles. The van der Waals surface area contributed by atoms with Crippen LogP contribution >= 0.6 is 0 Å². The Morgan fingerprint density at radius 2 is 1.50 bits per heavy atom. The van der Waals surface area contributed by atoms with E-state index in [1.807, 2.05) is 6.92 Å². The Morgan fingerprint density at radius 3 is 2.09 bits per heavy atom. The molecule has 0 heterocycles. The standard InChI is InChI=1S/C30H36N2O2/c1-19(2)31-25-16-12-23(13-17-25)28-20(3)18-27(21(4)29(28)30(33)34-5)22-10-14-26(15-11-22)32-24-8-6-7-9-24/h10-19,24,31-32H,6-9H2,1-5H3. The third-order valence-corrected chi connectivity index (χ3v) is 6.72. The van der Waals surface area contributed by atoms with Crippen LogP contribution in [0, 0.1) is 13.8 Å². The van der Waals surface area contributed by atoms with Crippen LogP contribution in [0.2, 0.25) is 0 Å².